The van der Waals surface area contributed by atoms with Gasteiger partial charge in [-0.3, -0.25) is 9.59 Å². The molecule has 144 valence electrons. The summed E-state index contributed by atoms with van der Waals surface area (Å²) in [5, 5.41) is 4.76. The predicted octanol–water partition coefficient (Wildman–Crippen LogP) is 0.464. The van der Waals surface area contributed by atoms with Crippen molar-refractivity contribution in [2.45, 2.75) is 44.9 Å². The second kappa shape index (κ2) is 10.8. The van der Waals surface area contributed by atoms with Crippen LogP contribution in [-0.2, 0) is 28.6 Å². The Hall–Kier alpha value is -1.97. The molecule has 10 heteroatoms. The van der Waals surface area contributed by atoms with Crippen LogP contribution in [0.4, 0.5) is 4.79 Å². The largest absolute Gasteiger partial charge is 0.469 e. The lowest BCUT2D eigenvalue weighted by atomic mass is 10.1. The number of esters is 2. The zero-order valence-electron chi connectivity index (χ0n) is 15.3. The molecule has 0 saturated carbocycles. The van der Waals surface area contributed by atoms with Crippen molar-refractivity contribution in [3.05, 3.63) is 0 Å². The predicted molar refractivity (Wildman–Crippen MR) is 92.1 cm³/mol. The van der Waals surface area contributed by atoms with E-state index in [1.807, 2.05) is 0 Å². The number of rotatable bonds is 8. The third-order valence-corrected chi connectivity index (χ3v) is 3.41. The lowest BCUT2D eigenvalue weighted by molar-refractivity contribution is -0.145. The molecule has 0 aliphatic rings. The summed E-state index contributed by atoms with van der Waals surface area (Å²) in [5.41, 5.74) is -0.774. The van der Waals surface area contributed by atoms with Gasteiger partial charge in [-0.15, -0.1) is 0 Å². The lowest BCUT2D eigenvalue weighted by Gasteiger charge is -2.24. The number of amides is 2. The number of nitrogens with one attached hydrogen (secondary N) is 2. The fraction of sp³-hybridized carbons (Fsp3) is 0.733. The van der Waals surface area contributed by atoms with E-state index in [9.17, 15) is 19.2 Å². The van der Waals surface area contributed by atoms with E-state index in [-0.39, 0.29) is 5.75 Å². The number of thioether (sulfide) groups is 1. The molecule has 0 fully saturated rings. The van der Waals surface area contributed by atoms with Crippen LogP contribution in [0.25, 0.3) is 0 Å². The van der Waals surface area contributed by atoms with Crippen molar-refractivity contribution in [1.29, 1.82) is 0 Å². The number of hydrogen-bond donors (Lipinski definition) is 2. The number of alkyl carbamates (subject to hydrolysis) is 1. The Kier molecular flexibility index (Phi) is 9.95. The average Bonchev–Trinajstić information content (AvgIpc) is 2.50. The Balaban J connectivity index is 5.11. The van der Waals surface area contributed by atoms with Crippen LogP contribution in [0.2, 0.25) is 0 Å². The van der Waals surface area contributed by atoms with E-state index in [4.69, 9.17) is 4.74 Å². The molecule has 0 aliphatic heterocycles. The molecule has 2 atom stereocenters. The average molecular weight is 378 g/mol. The third kappa shape index (κ3) is 9.80. The minimum atomic E-state index is -1.25. The van der Waals surface area contributed by atoms with Crippen molar-refractivity contribution in [2.24, 2.45) is 0 Å². The first-order valence-corrected chi connectivity index (χ1v) is 8.87. The van der Waals surface area contributed by atoms with E-state index >= 15 is 0 Å². The molecule has 0 radical (unpaired) electrons. The van der Waals surface area contributed by atoms with Gasteiger partial charge in [0.05, 0.1) is 20.6 Å². The summed E-state index contributed by atoms with van der Waals surface area (Å²) in [6.45, 7) is 4.98. The van der Waals surface area contributed by atoms with Gasteiger partial charge in [-0.2, -0.15) is 11.8 Å². The topological polar surface area (TPSA) is 120 Å². The second-order valence-corrected chi connectivity index (χ2v) is 6.93. The molecule has 0 aromatic rings. The van der Waals surface area contributed by atoms with Gasteiger partial charge in [-0.05, 0) is 27.0 Å². The summed E-state index contributed by atoms with van der Waals surface area (Å²) >= 11 is 1.33. The molecule has 2 N–H and O–H groups in total. The number of carbonyl (C=O) groups is 4. The quantitative estimate of drug-likeness (QED) is 0.462. The Morgan fingerprint density at radius 1 is 1.00 bits per heavy atom. The highest BCUT2D eigenvalue weighted by atomic mass is 32.2. The zero-order chi connectivity index (χ0) is 19.6. The minimum absolute atomic E-state index is 0.274. The van der Waals surface area contributed by atoms with Crippen molar-refractivity contribution in [3.8, 4) is 0 Å². The highest BCUT2D eigenvalue weighted by Gasteiger charge is 2.30. The smallest absolute Gasteiger partial charge is 0.408 e. The van der Waals surface area contributed by atoms with E-state index in [1.54, 1.807) is 27.0 Å². The maximum absolute atomic E-state index is 12.4. The number of methoxy groups -OCH3 is 2. The molecule has 25 heavy (non-hydrogen) atoms. The van der Waals surface area contributed by atoms with Crippen LogP contribution in [0.3, 0.4) is 0 Å². The molecular formula is C15H26N2O7S. The molecule has 0 heterocycles. The van der Waals surface area contributed by atoms with Crippen LogP contribution in [0.1, 0.15) is 27.2 Å². The van der Waals surface area contributed by atoms with Gasteiger partial charge in [0.25, 0.3) is 0 Å². The van der Waals surface area contributed by atoms with Crippen LogP contribution in [0.5, 0.6) is 0 Å². The first-order chi connectivity index (χ1) is 11.5. The van der Waals surface area contributed by atoms with Gasteiger partial charge in [0, 0.05) is 5.75 Å². The second-order valence-electron chi connectivity index (χ2n) is 6.02. The molecule has 2 amide bonds. The summed E-state index contributed by atoms with van der Waals surface area (Å²) < 4.78 is 14.2. The summed E-state index contributed by atoms with van der Waals surface area (Å²) in [6, 6.07) is -2.16. The summed E-state index contributed by atoms with van der Waals surface area (Å²) in [5.74, 6) is -1.77. The van der Waals surface area contributed by atoms with Crippen LogP contribution >= 0.6 is 11.8 Å². The Bertz CT molecular complexity index is 491. The van der Waals surface area contributed by atoms with E-state index in [0.29, 0.717) is 0 Å². The highest BCUT2D eigenvalue weighted by Crippen LogP contribution is 2.08. The fourth-order valence-corrected chi connectivity index (χ4v) is 2.21. The van der Waals surface area contributed by atoms with Crippen LogP contribution in [-0.4, -0.2) is 67.9 Å². The third-order valence-electron chi connectivity index (χ3n) is 2.74. The first-order valence-electron chi connectivity index (χ1n) is 7.47. The molecule has 2 unspecified atom stereocenters. The van der Waals surface area contributed by atoms with Gasteiger partial charge in [0.2, 0.25) is 5.91 Å². The number of carbonyl (C=O) groups excluding carboxylic acids is 4. The van der Waals surface area contributed by atoms with E-state index < -0.39 is 48.0 Å². The summed E-state index contributed by atoms with van der Waals surface area (Å²) in [7, 11) is 2.36. The molecular weight excluding hydrogens is 352 g/mol. The van der Waals surface area contributed by atoms with Crippen molar-refractivity contribution < 1.29 is 33.4 Å². The van der Waals surface area contributed by atoms with Crippen LogP contribution in [0, 0.1) is 0 Å². The molecule has 0 spiro atoms. The van der Waals surface area contributed by atoms with Crippen molar-refractivity contribution in [2.75, 3.05) is 26.2 Å². The lowest BCUT2D eigenvalue weighted by Crippen LogP contribution is -2.53. The highest BCUT2D eigenvalue weighted by molar-refractivity contribution is 7.98. The van der Waals surface area contributed by atoms with Gasteiger partial charge in [0.1, 0.15) is 17.7 Å². The molecule has 0 saturated heterocycles. The van der Waals surface area contributed by atoms with E-state index in [2.05, 4.69) is 20.1 Å². The van der Waals surface area contributed by atoms with E-state index in [0.717, 1.165) is 7.11 Å². The first kappa shape index (κ1) is 23.0. The summed E-state index contributed by atoms with van der Waals surface area (Å²) in [4.78, 5) is 47.5. The maximum atomic E-state index is 12.4. The molecule has 0 aromatic heterocycles. The SMILES string of the molecule is COC(=O)CC(NC(=O)OC(C)(C)C)C(=O)NC(CSC)C(=O)OC. The van der Waals surface area contributed by atoms with Gasteiger partial charge >= 0.3 is 18.0 Å². The Labute approximate surface area is 151 Å². The molecule has 0 bridgehead atoms. The molecule has 0 aliphatic carbocycles. The van der Waals surface area contributed by atoms with Crippen molar-refractivity contribution in [3.63, 3.8) is 0 Å². The van der Waals surface area contributed by atoms with Gasteiger partial charge in [-0.25, -0.2) is 9.59 Å². The van der Waals surface area contributed by atoms with Gasteiger partial charge < -0.3 is 24.8 Å². The fourth-order valence-electron chi connectivity index (χ4n) is 1.66. The van der Waals surface area contributed by atoms with Gasteiger partial charge in [0.15, 0.2) is 0 Å². The Morgan fingerprint density at radius 3 is 2.04 bits per heavy atom. The zero-order valence-corrected chi connectivity index (χ0v) is 16.2. The maximum Gasteiger partial charge on any atom is 0.408 e. The van der Waals surface area contributed by atoms with E-state index in [1.165, 1.54) is 18.9 Å². The van der Waals surface area contributed by atoms with Crippen molar-refractivity contribution in [1.82, 2.24) is 10.6 Å². The van der Waals surface area contributed by atoms with Crippen molar-refractivity contribution >= 4 is 35.7 Å². The number of ether oxygens (including phenoxy) is 3. The molecule has 9 nitrogen and oxygen atoms in total. The van der Waals surface area contributed by atoms with Crippen LogP contribution < -0.4 is 10.6 Å². The van der Waals surface area contributed by atoms with Gasteiger partial charge in [-0.1, -0.05) is 0 Å². The molecule has 0 rings (SSSR count). The number of hydrogen-bond acceptors (Lipinski definition) is 8. The minimum Gasteiger partial charge on any atom is -0.469 e. The standard InChI is InChI=1S/C15H26N2O7S/c1-15(2,3)24-14(21)17-9(7-11(18)22-4)12(19)16-10(8-25-6)13(20)23-5/h9-10H,7-8H2,1-6H3,(H,16,19)(H,17,21). The summed E-state index contributed by atoms with van der Waals surface area (Å²) in [6.07, 6.45) is 0.484. The monoisotopic (exact) mass is 378 g/mol. The normalized spacial score (nSPS) is 13.2. The molecule has 0 aromatic carbocycles. The Morgan fingerprint density at radius 2 is 1.60 bits per heavy atom. The van der Waals surface area contributed by atoms with Crippen LogP contribution in [0.15, 0.2) is 0 Å².